The second-order valence-corrected chi connectivity index (χ2v) is 6.44. The molecule has 0 saturated heterocycles. The quantitative estimate of drug-likeness (QED) is 0.587. The Morgan fingerprint density at radius 1 is 0.714 bits per heavy atom. The minimum Gasteiger partial charge on any atom is -0.326 e. The number of carbonyl (C=O) groups is 2. The van der Waals surface area contributed by atoms with Crippen LogP contribution in [0.1, 0.15) is 24.1 Å². The van der Waals surface area contributed by atoms with Gasteiger partial charge in [-0.15, -0.1) is 0 Å². The predicted octanol–water partition coefficient (Wildman–Crippen LogP) is 3.96. The van der Waals surface area contributed by atoms with Crippen LogP contribution >= 0.6 is 0 Å². The maximum atomic E-state index is 12.4. The van der Waals surface area contributed by atoms with Crippen molar-refractivity contribution < 1.29 is 9.59 Å². The van der Waals surface area contributed by atoms with Crippen LogP contribution in [0.2, 0.25) is 0 Å². The molecule has 142 valence electrons. The van der Waals surface area contributed by atoms with Gasteiger partial charge in [0, 0.05) is 18.3 Å². The molecule has 3 aromatic carbocycles. The number of carbonyl (C=O) groups excluding carboxylic acids is 2. The molecule has 0 saturated carbocycles. The highest BCUT2D eigenvalue weighted by Gasteiger charge is 2.14. The van der Waals surface area contributed by atoms with E-state index in [1.165, 1.54) is 6.92 Å². The zero-order valence-electron chi connectivity index (χ0n) is 15.7. The topological polar surface area (TPSA) is 70.2 Å². The van der Waals surface area contributed by atoms with Gasteiger partial charge in [-0.1, -0.05) is 60.7 Å². The maximum absolute atomic E-state index is 12.4. The first-order chi connectivity index (χ1) is 13.6. The number of hydrogen-bond acceptors (Lipinski definition) is 3. The minimum atomic E-state index is -0.135. The van der Waals surface area contributed by atoms with Gasteiger partial charge in [-0.05, 0) is 35.4 Å². The van der Waals surface area contributed by atoms with Crippen molar-refractivity contribution in [1.82, 2.24) is 5.32 Å². The number of amides is 2. The van der Waals surface area contributed by atoms with Crippen molar-refractivity contribution in [3.63, 3.8) is 0 Å². The van der Waals surface area contributed by atoms with Crippen molar-refractivity contribution in [2.75, 3.05) is 17.2 Å². The molecule has 0 radical (unpaired) electrons. The van der Waals surface area contributed by atoms with E-state index in [0.29, 0.717) is 11.4 Å². The van der Waals surface area contributed by atoms with E-state index < -0.39 is 0 Å². The molecule has 3 rings (SSSR count). The molecule has 0 aromatic heterocycles. The average Bonchev–Trinajstić information content (AvgIpc) is 2.71. The molecule has 0 spiro atoms. The molecular weight excluding hydrogens is 350 g/mol. The summed E-state index contributed by atoms with van der Waals surface area (Å²) in [7, 11) is 0. The summed E-state index contributed by atoms with van der Waals surface area (Å²) in [5, 5.41) is 8.91. The van der Waals surface area contributed by atoms with Crippen LogP contribution in [-0.4, -0.2) is 18.4 Å². The third-order valence-electron chi connectivity index (χ3n) is 4.22. The summed E-state index contributed by atoms with van der Waals surface area (Å²) in [5.74, 6) is -0.266. The summed E-state index contributed by atoms with van der Waals surface area (Å²) < 4.78 is 0. The van der Waals surface area contributed by atoms with Gasteiger partial charge < -0.3 is 10.6 Å². The lowest BCUT2D eigenvalue weighted by molar-refractivity contribution is -0.115. The van der Waals surface area contributed by atoms with E-state index in [4.69, 9.17) is 0 Å². The second kappa shape index (κ2) is 9.48. The summed E-state index contributed by atoms with van der Waals surface area (Å²) in [6, 6.07) is 27.0. The van der Waals surface area contributed by atoms with Crippen molar-refractivity contribution in [2.45, 2.75) is 13.0 Å². The predicted molar refractivity (Wildman–Crippen MR) is 112 cm³/mol. The molecular formula is C23H23N3O2. The smallest absolute Gasteiger partial charge is 0.238 e. The summed E-state index contributed by atoms with van der Waals surface area (Å²) in [4.78, 5) is 23.5. The molecule has 0 heterocycles. The maximum Gasteiger partial charge on any atom is 0.238 e. The van der Waals surface area contributed by atoms with Crippen LogP contribution in [0.4, 0.5) is 11.4 Å². The Bertz CT molecular complexity index is 870. The Morgan fingerprint density at radius 3 is 1.64 bits per heavy atom. The lowest BCUT2D eigenvalue weighted by atomic mass is 9.99. The van der Waals surface area contributed by atoms with E-state index >= 15 is 0 Å². The summed E-state index contributed by atoms with van der Waals surface area (Å²) >= 11 is 0. The van der Waals surface area contributed by atoms with Crippen LogP contribution in [-0.2, 0) is 9.59 Å². The number of nitrogens with one attached hydrogen (secondary N) is 3. The van der Waals surface area contributed by atoms with E-state index in [9.17, 15) is 9.59 Å². The lowest BCUT2D eigenvalue weighted by Gasteiger charge is -2.19. The Balaban J connectivity index is 1.63. The van der Waals surface area contributed by atoms with Crippen LogP contribution in [0.25, 0.3) is 0 Å². The first kappa shape index (κ1) is 19.3. The number of rotatable bonds is 7. The number of anilines is 2. The van der Waals surface area contributed by atoms with Gasteiger partial charge in [0.15, 0.2) is 0 Å². The minimum absolute atomic E-state index is 0.0738. The molecule has 28 heavy (non-hydrogen) atoms. The van der Waals surface area contributed by atoms with E-state index in [0.717, 1.165) is 11.1 Å². The fraction of sp³-hybridized carbons (Fsp3) is 0.130. The SMILES string of the molecule is CC(=O)Nc1ccc(NC(=O)CNC(c2ccccc2)c2ccccc2)cc1. The first-order valence-corrected chi connectivity index (χ1v) is 9.12. The van der Waals surface area contributed by atoms with E-state index in [1.54, 1.807) is 24.3 Å². The Hall–Kier alpha value is -3.44. The van der Waals surface area contributed by atoms with Gasteiger partial charge in [-0.25, -0.2) is 0 Å². The van der Waals surface area contributed by atoms with Crippen LogP contribution in [0.3, 0.4) is 0 Å². The van der Waals surface area contributed by atoms with Crippen molar-refractivity contribution >= 4 is 23.2 Å². The Morgan fingerprint density at radius 2 is 1.18 bits per heavy atom. The molecule has 0 fully saturated rings. The Labute approximate surface area is 164 Å². The van der Waals surface area contributed by atoms with Gasteiger partial charge >= 0.3 is 0 Å². The normalized spacial score (nSPS) is 10.5. The Kier molecular flexibility index (Phi) is 6.54. The molecule has 0 aliphatic rings. The molecule has 0 aliphatic heterocycles. The fourth-order valence-corrected chi connectivity index (χ4v) is 2.96. The van der Waals surface area contributed by atoms with Crippen LogP contribution in [0.15, 0.2) is 84.9 Å². The van der Waals surface area contributed by atoms with Crippen LogP contribution in [0, 0.1) is 0 Å². The van der Waals surface area contributed by atoms with Gasteiger partial charge in [0.2, 0.25) is 11.8 Å². The zero-order chi connectivity index (χ0) is 19.8. The van der Waals surface area contributed by atoms with Gasteiger partial charge in [0.05, 0.1) is 12.6 Å². The fourth-order valence-electron chi connectivity index (χ4n) is 2.96. The zero-order valence-corrected chi connectivity index (χ0v) is 15.7. The van der Waals surface area contributed by atoms with Gasteiger partial charge in [-0.2, -0.15) is 0 Å². The third-order valence-corrected chi connectivity index (χ3v) is 4.22. The van der Waals surface area contributed by atoms with Crippen LogP contribution in [0.5, 0.6) is 0 Å². The standard InChI is InChI=1S/C23H23N3O2/c1-17(27)25-20-12-14-21(15-13-20)26-22(28)16-24-23(18-8-4-2-5-9-18)19-10-6-3-7-11-19/h2-15,23-24H,16H2,1H3,(H,25,27)(H,26,28). The monoisotopic (exact) mass is 373 g/mol. The van der Waals surface area contributed by atoms with Crippen molar-refractivity contribution in [3.8, 4) is 0 Å². The molecule has 3 N–H and O–H groups in total. The summed E-state index contributed by atoms with van der Waals surface area (Å²) in [5.41, 5.74) is 3.57. The van der Waals surface area contributed by atoms with E-state index in [-0.39, 0.29) is 24.4 Å². The second-order valence-electron chi connectivity index (χ2n) is 6.44. The van der Waals surface area contributed by atoms with E-state index in [1.807, 2.05) is 60.7 Å². The lowest BCUT2D eigenvalue weighted by Crippen LogP contribution is -2.31. The third kappa shape index (κ3) is 5.53. The molecule has 0 unspecified atom stereocenters. The highest BCUT2D eigenvalue weighted by Crippen LogP contribution is 2.21. The average molecular weight is 373 g/mol. The van der Waals surface area contributed by atoms with Crippen molar-refractivity contribution in [3.05, 3.63) is 96.1 Å². The number of benzene rings is 3. The first-order valence-electron chi connectivity index (χ1n) is 9.12. The van der Waals surface area contributed by atoms with Crippen molar-refractivity contribution in [2.24, 2.45) is 0 Å². The molecule has 3 aromatic rings. The van der Waals surface area contributed by atoms with Gasteiger partial charge in [0.1, 0.15) is 0 Å². The highest BCUT2D eigenvalue weighted by molar-refractivity contribution is 5.93. The molecule has 5 nitrogen and oxygen atoms in total. The summed E-state index contributed by atoms with van der Waals surface area (Å²) in [6.45, 7) is 1.62. The van der Waals surface area contributed by atoms with Gasteiger partial charge in [-0.3, -0.25) is 14.9 Å². The van der Waals surface area contributed by atoms with Crippen LogP contribution < -0.4 is 16.0 Å². The highest BCUT2D eigenvalue weighted by atomic mass is 16.2. The van der Waals surface area contributed by atoms with Gasteiger partial charge in [0.25, 0.3) is 0 Å². The number of hydrogen-bond donors (Lipinski definition) is 3. The van der Waals surface area contributed by atoms with E-state index in [2.05, 4.69) is 16.0 Å². The van der Waals surface area contributed by atoms with Crippen molar-refractivity contribution in [1.29, 1.82) is 0 Å². The molecule has 0 atom stereocenters. The molecule has 0 aliphatic carbocycles. The molecule has 5 heteroatoms. The molecule has 0 bridgehead atoms. The largest absolute Gasteiger partial charge is 0.326 e. The summed E-state index contributed by atoms with van der Waals surface area (Å²) in [6.07, 6.45) is 0. The molecule has 2 amide bonds.